The lowest BCUT2D eigenvalue weighted by molar-refractivity contribution is 0.303. The van der Waals surface area contributed by atoms with Gasteiger partial charge < -0.3 is 10.5 Å². The lowest BCUT2D eigenvalue weighted by atomic mass is 10.3. The van der Waals surface area contributed by atoms with Crippen molar-refractivity contribution in [2.45, 2.75) is 13.5 Å². The lowest BCUT2D eigenvalue weighted by Gasteiger charge is -2.08. The minimum Gasteiger partial charge on any atom is -0.485 e. The summed E-state index contributed by atoms with van der Waals surface area (Å²) in [7, 11) is 0. The molecule has 1 aromatic heterocycles. The number of aromatic nitrogens is 1. The van der Waals surface area contributed by atoms with Crippen molar-refractivity contribution in [3.05, 3.63) is 53.9 Å². The first-order valence-corrected chi connectivity index (χ1v) is 5.15. The quantitative estimate of drug-likeness (QED) is 0.799. The highest BCUT2D eigenvalue weighted by Crippen LogP contribution is 2.20. The molecule has 0 atom stereocenters. The van der Waals surface area contributed by atoms with E-state index < -0.39 is 0 Å². The molecule has 0 amide bonds. The standard InChI is InChI=1S/C13H14N2O/c1-10-5-4-6-11(15-10)9-16-13-8-3-2-7-12(13)14/h2-8H,9,14H2,1H3. The fourth-order valence-electron chi connectivity index (χ4n) is 1.44. The van der Waals surface area contributed by atoms with Crippen molar-refractivity contribution < 1.29 is 4.74 Å². The number of nitrogens with zero attached hydrogens (tertiary/aromatic N) is 1. The van der Waals surface area contributed by atoms with Gasteiger partial charge in [0.2, 0.25) is 0 Å². The average Bonchev–Trinajstić information content (AvgIpc) is 2.28. The number of hydrogen-bond acceptors (Lipinski definition) is 3. The Morgan fingerprint density at radius 2 is 1.94 bits per heavy atom. The number of anilines is 1. The van der Waals surface area contributed by atoms with Crippen LogP contribution in [0, 0.1) is 6.92 Å². The largest absolute Gasteiger partial charge is 0.485 e. The van der Waals surface area contributed by atoms with E-state index in [4.69, 9.17) is 10.5 Å². The first kappa shape index (κ1) is 10.5. The van der Waals surface area contributed by atoms with Gasteiger partial charge in [0, 0.05) is 5.69 Å². The molecule has 2 rings (SSSR count). The van der Waals surface area contributed by atoms with Gasteiger partial charge in [0.1, 0.15) is 12.4 Å². The molecule has 0 bridgehead atoms. The van der Waals surface area contributed by atoms with Crippen LogP contribution in [0.15, 0.2) is 42.5 Å². The highest BCUT2D eigenvalue weighted by molar-refractivity contribution is 5.51. The SMILES string of the molecule is Cc1cccc(COc2ccccc2N)n1. The minimum atomic E-state index is 0.440. The van der Waals surface area contributed by atoms with Gasteiger partial charge in [-0.25, -0.2) is 0 Å². The van der Waals surface area contributed by atoms with Crippen molar-refractivity contribution >= 4 is 5.69 Å². The van der Waals surface area contributed by atoms with Crippen LogP contribution >= 0.6 is 0 Å². The van der Waals surface area contributed by atoms with E-state index in [-0.39, 0.29) is 0 Å². The van der Waals surface area contributed by atoms with Gasteiger partial charge in [-0.05, 0) is 31.2 Å². The molecule has 2 N–H and O–H groups in total. The molecule has 82 valence electrons. The molecule has 0 saturated heterocycles. The third-order valence-corrected chi connectivity index (χ3v) is 2.24. The Morgan fingerprint density at radius 1 is 1.12 bits per heavy atom. The smallest absolute Gasteiger partial charge is 0.142 e. The summed E-state index contributed by atoms with van der Waals surface area (Å²) in [6.07, 6.45) is 0. The molecule has 2 aromatic rings. The number of para-hydroxylation sites is 2. The van der Waals surface area contributed by atoms with Crippen LogP contribution in [0.1, 0.15) is 11.4 Å². The van der Waals surface area contributed by atoms with E-state index in [2.05, 4.69) is 4.98 Å². The van der Waals surface area contributed by atoms with Gasteiger partial charge in [0.25, 0.3) is 0 Å². The van der Waals surface area contributed by atoms with E-state index in [1.54, 1.807) is 0 Å². The molecular weight excluding hydrogens is 200 g/mol. The number of nitrogens with two attached hydrogens (primary N) is 1. The van der Waals surface area contributed by atoms with Gasteiger partial charge in [-0.3, -0.25) is 4.98 Å². The molecule has 3 heteroatoms. The van der Waals surface area contributed by atoms with Gasteiger partial charge in [0.15, 0.2) is 0 Å². The van der Waals surface area contributed by atoms with E-state index in [0.29, 0.717) is 18.0 Å². The zero-order valence-electron chi connectivity index (χ0n) is 9.18. The summed E-state index contributed by atoms with van der Waals surface area (Å²) < 4.78 is 5.59. The Kier molecular flexibility index (Phi) is 3.05. The van der Waals surface area contributed by atoms with Crippen LogP contribution in [-0.2, 0) is 6.61 Å². The van der Waals surface area contributed by atoms with E-state index in [0.717, 1.165) is 11.4 Å². The molecule has 1 heterocycles. The molecule has 3 nitrogen and oxygen atoms in total. The summed E-state index contributed by atoms with van der Waals surface area (Å²) in [6, 6.07) is 13.3. The van der Waals surface area contributed by atoms with Crippen molar-refractivity contribution in [2.75, 3.05) is 5.73 Å². The Bertz CT molecular complexity index is 483. The van der Waals surface area contributed by atoms with Crippen molar-refractivity contribution in [2.24, 2.45) is 0 Å². The van der Waals surface area contributed by atoms with Crippen LogP contribution in [0.25, 0.3) is 0 Å². The normalized spacial score (nSPS) is 10.1. The molecule has 0 unspecified atom stereocenters. The highest BCUT2D eigenvalue weighted by atomic mass is 16.5. The second-order valence-corrected chi connectivity index (χ2v) is 3.60. The fraction of sp³-hybridized carbons (Fsp3) is 0.154. The van der Waals surface area contributed by atoms with Crippen LogP contribution in [-0.4, -0.2) is 4.98 Å². The summed E-state index contributed by atoms with van der Waals surface area (Å²) in [4.78, 5) is 4.35. The van der Waals surface area contributed by atoms with E-state index in [9.17, 15) is 0 Å². The second-order valence-electron chi connectivity index (χ2n) is 3.60. The van der Waals surface area contributed by atoms with Crippen molar-refractivity contribution in [1.82, 2.24) is 4.98 Å². The Hall–Kier alpha value is -2.03. The first-order chi connectivity index (χ1) is 7.75. The summed E-state index contributed by atoms with van der Waals surface area (Å²) in [6.45, 7) is 2.40. The summed E-state index contributed by atoms with van der Waals surface area (Å²) in [5, 5.41) is 0. The molecule has 1 aromatic carbocycles. The number of benzene rings is 1. The van der Waals surface area contributed by atoms with E-state index in [1.165, 1.54) is 0 Å². The second kappa shape index (κ2) is 4.66. The summed E-state index contributed by atoms with van der Waals surface area (Å²) in [5.41, 5.74) is 8.31. The maximum atomic E-state index is 5.77. The molecule has 0 aliphatic heterocycles. The zero-order chi connectivity index (χ0) is 11.4. The van der Waals surface area contributed by atoms with Crippen molar-refractivity contribution in [3.8, 4) is 5.75 Å². The van der Waals surface area contributed by atoms with Gasteiger partial charge in [-0.2, -0.15) is 0 Å². The lowest BCUT2D eigenvalue weighted by Crippen LogP contribution is -2.00. The third kappa shape index (κ3) is 2.51. The van der Waals surface area contributed by atoms with Crippen LogP contribution in [0.2, 0.25) is 0 Å². The Morgan fingerprint density at radius 3 is 2.69 bits per heavy atom. The minimum absolute atomic E-state index is 0.440. The van der Waals surface area contributed by atoms with Gasteiger partial charge in [0.05, 0.1) is 11.4 Å². The number of pyridine rings is 1. The Balaban J connectivity index is 2.05. The van der Waals surface area contributed by atoms with E-state index in [1.807, 2.05) is 49.4 Å². The van der Waals surface area contributed by atoms with Crippen molar-refractivity contribution in [3.63, 3.8) is 0 Å². The van der Waals surface area contributed by atoms with E-state index >= 15 is 0 Å². The summed E-state index contributed by atoms with van der Waals surface area (Å²) >= 11 is 0. The monoisotopic (exact) mass is 214 g/mol. The molecule has 0 spiro atoms. The molecule has 0 saturated carbocycles. The summed E-state index contributed by atoms with van der Waals surface area (Å²) in [5.74, 6) is 0.700. The highest BCUT2D eigenvalue weighted by Gasteiger charge is 2.00. The molecule has 16 heavy (non-hydrogen) atoms. The molecule has 0 aliphatic carbocycles. The Labute approximate surface area is 94.9 Å². The third-order valence-electron chi connectivity index (χ3n) is 2.24. The molecule has 0 radical (unpaired) electrons. The van der Waals surface area contributed by atoms with Crippen LogP contribution in [0.3, 0.4) is 0 Å². The predicted molar refractivity (Wildman–Crippen MR) is 64.2 cm³/mol. The van der Waals surface area contributed by atoms with Crippen LogP contribution < -0.4 is 10.5 Å². The number of hydrogen-bond donors (Lipinski definition) is 1. The number of rotatable bonds is 3. The van der Waals surface area contributed by atoms with Crippen molar-refractivity contribution in [1.29, 1.82) is 0 Å². The number of aryl methyl sites for hydroxylation is 1. The number of nitrogen functional groups attached to an aromatic ring is 1. The van der Waals surface area contributed by atoms with Crippen LogP contribution in [0.5, 0.6) is 5.75 Å². The fourth-order valence-corrected chi connectivity index (χ4v) is 1.44. The zero-order valence-corrected chi connectivity index (χ0v) is 9.18. The molecule has 0 aliphatic rings. The molecular formula is C13H14N2O. The van der Waals surface area contributed by atoms with Gasteiger partial charge in [-0.1, -0.05) is 18.2 Å². The number of ether oxygens (including phenoxy) is 1. The van der Waals surface area contributed by atoms with Gasteiger partial charge >= 0.3 is 0 Å². The average molecular weight is 214 g/mol. The maximum Gasteiger partial charge on any atom is 0.142 e. The van der Waals surface area contributed by atoms with Gasteiger partial charge in [-0.15, -0.1) is 0 Å². The molecule has 0 fully saturated rings. The first-order valence-electron chi connectivity index (χ1n) is 5.15. The van der Waals surface area contributed by atoms with Crippen LogP contribution in [0.4, 0.5) is 5.69 Å². The predicted octanol–water partition coefficient (Wildman–Crippen LogP) is 2.55. The maximum absolute atomic E-state index is 5.77. The topological polar surface area (TPSA) is 48.1 Å².